The van der Waals surface area contributed by atoms with E-state index in [1.807, 2.05) is 19.2 Å². The molecule has 0 aliphatic heterocycles. The molecule has 2 aromatic rings. The van der Waals surface area contributed by atoms with Gasteiger partial charge in [0, 0.05) is 22.7 Å². The van der Waals surface area contributed by atoms with Crippen molar-refractivity contribution in [3.63, 3.8) is 0 Å². The third-order valence-corrected chi connectivity index (χ3v) is 2.09. The van der Waals surface area contributed by atoms with Crippen LogP contribution in [0.4, 0.5) is 0 Å². The lowest BCUT2D eigenvalue weighted by molar-refractivity contribution is 0.283. The molecular weight excluding hydrogens is 150 g/mol. The molecule has 0 saturated carbocycles. The summed E-state index contributed by atoms with van der Waals surface area (Å²) in [6.07, 6.45) is 1.85. The molecule has 0 radical (unpaired) electrons. The van der Waals surface area contributed by atoms with E-state index < -0.39 is 0 Å². The zero-order chi connectivity index (χ0) is 8.55. The lowest BCUT2D eigenvalue weighted by atomic mass is 10.1. The Bertz CT molecular complexity index is 403. The number of hydrogen-bond acceptors (Lipinski definition) is 1. The van der Waals surface area contributed by atoms with Crippen LogP contribution < -0.4 is 0 Å². The molecule has 1 aromatic carbocycles. The van der Waals surface area contributed by atoms with E-state index >= 15 is 0 Å². The van der Waals surface area contributed by atoms with Crippen LogP contribution in [-0.2, 0) is 6.61 Å². The number of aliphatic hydroxyl groups is 1. The summed E-state index contributed by atoms with van der Waals surface area (Å²) in [6.45, 7) is 2.15. The second-order valence-corrected chi connectivity index (χ2v) is 3.02. The van der Waals surface area contributed by atoms with Crippen LogP contribution >= 0.6 is 0 Å². The molecule has 1 heterocycles. The molecule has 0 amide bonds. The molecule has 2 nitrogen and oxygen atoms in total. The van der Waals surface area contributed by atoms with Gasteiger partial charge in [-0.2, -0.15) is 0 Å². The fraction of sp³-hybridized carbons (Fsp3) is 0.200. The monoisotopic (exact) mass is 161 g/mol. The maximum Gasteiger partial charge on any atom is 0.0702 e. The topological polar surface area (TPSA) is 36.0 Å². The van der Waals surface area contributed by atoms with Gasteiger partial charge in [-0.3, -0.25) is 0 Å². The summed E-state index contributed by atoms with van der Waals surface area (Å²) >= 11 is 0. The Morgan fingerprint density at radius 2 is 2.25 bits per heavy atom. The molecule has 0 spiro atoms. The summed E-state index contributed by atoms with van der Waals surface area (Å²) in [6, 6.07) is 6.17. The molecule has 1 aromatic heterocycles. The van der Waals surface area contributed by atoms with Gasteiger partial charge in [-0.05, 0) is 19.1 Å². The van der Waals surface area contributed by atoms with Crippen LogP contribution in [0.1, 0.15) is 11.1 Å². The van der Waals surface area contributed by atoms with Crippen LogP contribution in [0.5, 0.6) is 0 Å². The summed E-state index contributed by atoms with van der Waals surface area (Å²) < 4.78 is 0. The van der Waals surface area contributed by atoms with Gasteiger partial charge in [0.05, 0.1) is 6.61 Å². The van der Waals surface area contributed by atoms with Crippen LogP contribution in [-0.4, -0.2) is 10.1 Å². The number of aliphatic hydroxyl groups excluding tert-OH is 1. The number of aromatic amines is 1. The molecule has 0 saturated heterocycles. The van der Waals surface area contributed by atoms with E-state index in [9.17, 15) is 0 Å². The number of H-pyrrole nitrogens is 1. The zero-order valence-corrected chi connectivity index (χ0v) is 6.96. The van der Waals surface area contributed by atoms with Crippen LogP contribution in [0.15, 0.2) is 24.4 Å². The minimum absolute atomic E-state index is 0.101. The van der Waals surface area contributed by atoms with E-state index in [1.54, 1.807) is 0 Å². The number of aromatic nitrogens is 1. The van der Waals surface area contributed by atoms with Crippen LogP contribution in [0.2, 0.25) is 0 Å². The molecule has 2 rings (SSSR count). The lowest BCUT2D eigenvalue weighted by Gasteiger charge is -1.94. The Hall–Kier alpha value is -1.28. The summed E-state index contributed by atoms with van der Waals surface area (Å²) in [5.41, 5.74) is 3.27. The van der Waals surface area contributed by atoms with Gasteiger partial charge < -0.3 is 10.1 Å². The molecule has 12 heavy (non-hydrogen) atoms. The standard InChI is InChI=1S/C10H11NO/c1-7-2-3-10-9(4-7)8(6-12)5-11-10/h2-5,11-12H,6H2,1H3. The van der Waals surface area contributed by atoms with Gasteiger partial charge in [0.2, 0.25) is 0 Å². The van der Waals surface area contributed by atoms with Gasteiger partial charge in [-0.15, -0.1) is 0 Å². The van der Waals surface area contributed by atoms with Crippen molar-refractivity contribution in [1.82, 2.24) is 4.98 Å². The molecule has 0 atom stereocenters. The minimum Gasteiger partial charge on any atom is -0.392 e. The summed E-state index contributed by atoms with van der Waals surface area (Å²) in [5, 5.41) is 10.1. The average Bonchev–Trinajstić information content (AvgIpc) is 2.46. The van der Waals surface area contributed by atoms with Gasteiger partial charge in [-0.25, -0.2) is 0 Å². The highest BCUT2D eigenvalue weighted by atomic mass is 16.3. The number of fused-ring (bicyclic) bond motifs is 1. The van der Waals surface area contributed by atoms with E-state index in [2.05, 4.69) is 17.1 Å². The normalized spacial score (nSPS) is 10.8. The summed E-state index contributed by atoms with van der Waals surface area (Å²) in [7, 11) is 0. The van der Waals surface area contributed by atoms with Crippen molar-refractivity contribution in [3.8, 4) is 0 Å². The highest BCUT2D eigenvalue weighted by Gasteiger charge is 2.00. The highest BCUT2D eigenvalue weighted by molar-refractivity contribution is 5.83. The molecule has 2 heteroatoms. The average molecular weight is 161 g/mol. The molecule has 0 aliphatic carbocycles. The SMILES string of the molecule is Cc1ccc2[nH]cc(CO)c2c1. The first-order valence-corrected chi connectivity index (χ1v) is 3.99. The van der Waals surface area contributed by atoms with E-state index in [4.69, 9.17) is 5.11 Å². The minimum atomic E-state index is 0.101. The largest absolute Gasteiger partial charge is 0.392 e. The molecule has 0 fully saturated rings. The third-order valence-electron chi connectivity index (χ3n) is 2.09. The van der Waals surface area contributed by atoms with E-state index in [1.165, 1.54) is 5.56 Å². The number of rotatable bonds is 1. The van der Waals surface area contributed by atoms with Crippen molar-refractivity contribution in [2.24, 2.45) is 0 Å². The summed E-state index contributed by atoms with van der Waals surface area (Å²) in [4.78, 5) is 3.11. The first kappa shape index (κ1) is 7.37. The Balaban J connectivity index is 2.75. The van der Waals surface area contributed by atoms with Crippen molar-refractivity contribution in [2.75, 3.05) is 0 Å². The Morgan fingerprint density at radius 1 is 1.42 bits per heavy atom. The quantitative estimate of drug-likeness (QED) is 0.659. The maximum atomic E-state index is 9.00. The Morgan fingerprint density at radius 3 is 3.00 bits per heavy atom. The Labute approximate surface area is 70.8 Å². The van der Waals surface area contributed by atoms with Crippen LogP contribution in [0, 0.1) is 6.92 Å². The van der Waals surface area contributed by atoms with E-state index in [-0.39, 0.29) is 6.61 Å². The predicted molar refractivity (Wildman–Crippen MR) is 49.0 cm³/mol. The first-order chi connectivity index (χ1) is 5.81. The van der Waals surface area contributed by atoms with Crippen molar-refractivity contribution in [2.45, 2.75) is 13.5 Å². The molecule has 0 aliphatic rings. The van der Waals surface area contributed by atoms with Gasteiger partial charge in [0.15, 0.2) is 0 Å². The number of aryl methyl sites for hydroxylation is 1. The van der Waals surface area contributed by atoms with Gasteiger partial charge >= 0.3 is 0 Å². The first-order valence-electron chi connectivity index (χ1n) is 3.99. The second-order valence-electron chi connectivity index (χ2n) is 3.02. The van der Waals surface area contributed by atoms with Crippen molar-refractivity contribution in [3.05, 3.63) is 35.5 Å². The number of nitrogens with one attached hydrogen (secondary N) is 1. The molecule has 2 N–H and O–H groups in total. The van der Waals surface area contributed by atoms with E-state index in [0.717, 1.165) is 16.5 Å². The van der Waals surface area contributed by atoms with Gasteiger partial charge in [0.25, 0.3) is 0 Å². The zero-order valence-electron chi connectivity index (χ0n) is 6.96. The third kappa shape index (κ3) is 1.01. The summed E-state index contributed by atoms with van der Waals surface area (Å²) in [5.74, 6) is 0. The smallest absolute Gasteiger partial charge is 0.0702 e. The maximum absolute atomic E-state index is 9.00. The highest BCUT2D eigenvalue weighted by Crippen LogP contribution is 2.19. The Kier molecular flexibility index (Phi) is 1.62. The fourth-order valence-electron chi connectivity index (χ4n) is 1.42. The predicted octanol–water partition coefficient (Wildman–Crippen LogP) is 1.97. The second kappa shape index (κ2) is 2.64. The van der Waals surface area contributed by atoms with Crippen LogP contribution in [0.25, 0.3) is 10.9 Å². The van der Waals surface area contributed by atoms with Crippen molar-refractivity contribution in [1.29, 1.82) is 0 Å². The fourth-order valence-corrected chi connectivity index (χ4v) is 1.42. The molecule has 0 bridgehead atoms. The van der Waals surface area contributed by atoms with Crippen LogP contribution in [0.3, 0.4) is 0 Å². The number of benzene rings is 1. The molecular formula is C10H11NO. The van der Waals surface area contributed by atoms with Gasteiger partial charge in [0.1, 0.15) is 0 Å². The lowest BCUT2D eigenvalue weighted by Crippen LogP contribution is -1.79. The molecule has 0 unspecified atom stereocenters. The van der Waals surface area contributed by atoms with Gasteiger partial charge in [-0.1, -0.05) is 11.6 Å². The molecule has 62 valence electrons. The van der Waals surface area contributed by atoms with Crippen molar-refractivity contribution >= 4 is 10.9 Å². The number of hydrogen-bond donors (Lipinski definition) is 2. The van der Waals surface area contributed by atoms with Crippen molar-refractivity contribution < 1.29 is 5.11 Å². The van der Waals surface area contributed by atoms with E-state index in [0.29, 0.717) is 0 Å².